The van der Waals surface area contributed by atoms with Crippen LogP contribution in [0.15, 0.2) is 18.2 Å². The van der Waals surface area contributed by atoms with Gasteiger partial charge in [-0.3, -0.25) is 9.59 Å². The van der Waals surface area contributed by atoms with Crippen molar-refractivity contribution < 1.29 is 28.5 Å². The fraction of sp³-hybridized carbons (Fsp3) is 0.556. The van der Waals surface area contributed by atoms with Gasteiger partial charge in [0, 0.05) is 12.8 Å². The first-order valence-corrected chi connectivity index (χ1v) is 8.23. The number of ether oxygens (including phenoxy) is 4. The van der Waals surface area contributed by atoms with Crippen molar-refractivity contribution in [1.82, 2.24) is 0 Å². The van der Waals surface area contributed by atoms with E-state index in [1.807, 2.05) is 0 Å². The Balaban J connectivity index is 1.74. The molecular formula is C18H22O6. The van der Waals surface area contributed by atoms with Gasteiger partial charge in [-0.25, -0.2) is 0 Å². The van der Waals surface area contributed by atoms with Crippen molar-refractivity contribution in [2.45, 2.75) is 44.3 Å². The summed E-state index contributed by atoms with van der Waals surface area (Å²) in [5, 5.41) is 0. The summed E-state index contributed by atoms with van der Waals surface area (Å²) in [4.78, 5) is 24.8. The van der Waals surface area contributed by atoms with E-state index in [-0.39, 0.29) is 6.42 Å². The molecule has 0 amide bonds. The lowest BCUT2D eigenvalue weighted by Gasteiger charge is -2.40. The lowest BCUT2D eigenvalue weighted by molar-refractivity contribution is -0.260. The second-order valence-electron chi connectivity index (χ2n) is 6.26. The van der Waals surface area contributed by atoms with E-state index in [4.69, 9.17) is 18.9 Å². The van der Waals surface area contributed by atoms with Crippen LogP contribution >= 0.6 is 0 Å². The van der Waals surface area contributed by atoms with E-state index in [1.165, 1.54) is 7.11 Å². The molecule has 1 aliphatic heterocycles. The van der Waals surface area contributed by atoms with Gasteiger partial charge in [-0.05, 0) is 37.0 Å². The maximum absolute atomic E-state index is 12.4. The fourth-order valence-corrected chi connectivity index (χ4v) is 3.33. The van der Waals surface area contributed by atoms with Gasteiger partial charge in [0.05, 0.1) is 14.2 Å². The largest absolute Gasteiger partial charge is 0.493 e. The molecule has 1 saturated heterocycles. The number of carbonyl (C=O) groups is 2. The van der Waals surface area contributed by atoms with Gasteiger partial charge in [0.1, 0.15) is 0 Å². The number of carbonyl (C=O) groups excluding carboxylic acids is 2. The van der Waals surface area contributed by atoms with Gasteiger partial charge in [-0.2, -0.15) is 0 Å². The molecule has 130 valence electrons. The van der Waals surface area contributed by atoms with Crippen LogP contribution in [0.2, 0.25) is 0 Å². The quantitative estimate of drug-likeness (QED) is 0.623. The van der Waals surface area contributed by atoms with E-state index in [0.717, 1.165) is 24.8 Å². The second-order valence-corrected chi connectivity index (χ2v) is 6.26. The highest BCUT2D eigenvalue weighted by molar-refractivity contribution is 5.97. The first kappa shape index (κ1) is 16.6. The van der Waals surface area contributed by atoms with Gasteiger partial charge < -0.3 is 18.9 Å². The molecule has 0 unspecified atom stereocenters. The van der Waals surface area contributed by atoms with Gasteiger partial charge in [0.15, 0.2) is 17.4 Å². The smallest absolute Gasteiger partial charge is 0.323 e. The summed E-state index contributed by atoms with van der Waals surface area (Å²) in [7, 11) is 3.09. The summed E-state index contributed by atoms with van der Waals surface area (Å²) in [6, 6.07) is 5.30. The molecule has 0 radical (unpaired) electrons. The third kappa shape index (κ3) is 3.18. The Labute approximate surface area is 141 Å². The van der Waals surface area contributed by atoms with Crippen LogP contribution in [-0.2, 0) is 25.5 Å². The molecule has 1 aliphatic carbocycles. The summed E-state index contributed by atoms with van der Waals surface area (Å²) in [6.45, 7) is 0. The minimum atomic E-state index is -1.03. The Bertz CT molecular complexity index is 612. The van der Waals surface area contributed by atoms with Crippen molar-refractivity contribution in [2.24, 2.45) is 5.92 Å². The lowest BCUT2D eigenvalue weighted by atomic mass is 9.91. The van der Waals surface area contributed by atoms with Crippen LogP contribution in [0.1, 0.15) is 37.7 Å². The van der Waals surface area contributed by atoms with Crippen LogP contribution in [0, 0.1) is 5.92 Å². The predicted molar refractivity (Wildman–Crippen MR) is 84.7 cm³/mol. The molecule has 2 fully saturated rings. The average Bonchev–Trinajstić information content (AvgIpc) is 2.58. The normalized spacial score (nSPS) is 20.4. The van der Waals surface area contributed by atoms with Crippen molar-refractivity contribution in [3.63, 3.8) is 0 Å². The SMILES string of the molecule is COc1ccc(CC2C(=O)OC3(CCCCC3)OC2=O)cc1OC. The van der Waals surface area contributed by atoms with Crippen molar-refractivity contribution in [1.29, 1.82) is 0 Å². The van der Waals surface area contributed by atoms with Crippen molar-refractivity contribution in [3.05, 3.63) is 23.8 Å². The van der Waals surface area contributed by atoms with Crippen LogP contribution in [0.5, 0.6) is 11.5 Å². The summed E-state index contributed by atoms with van der Waals surface area (Å²) in [5.41, 5.74) is 0.783. The zero-order chi connectivity index (χ0) is 17.2. The molecule has 1 aromatic rings. The Hall–Kier alpha value is -2.24. The number of hydrogen-bond acceptors (Lipinski definition) is 6. The molecule has 0 aromatic heterocycles. The van der Waals surface area contributed by atoms with Crippen LogP contribution in [0.4, 0.5) is 0 Å². The third-order valence-corrected chi connectivity index (χ3v) is 4.65. The monoisotopic (exact) mass is 334 g/mol. The van der Waals surface area contributed by atoms with E-state index in [9.17, 15) is 9.59 Å². The topological polar surface area (TPSA) is 71.1 Å². The van der Waals surface area contributed by atoms with Gasteiger partial charge in [-0.1, -0.05) is 12.5 Å². The number of benzene rings is 1. The lowest BCUT2D eigenvalue weighted by Crippen LogP contribution is -2.51. The molecule has 0 atom stereocenters. The number of methoxy groups -OCH3 is 2. The molecule has 1 spiro atoms. The molecule has 1 heterocycles. The summed E-state index contributed by atoms with van der Waals surface area (Å²) < 4.78 is 21.5. The van der Waals surface area contributed by atoms with E-state index in [1.54, 1.807) is 25.3 Å². The van der Waals surface area contributed by atoms with Crippen molar-refractivity contribution >= 4 is 11.9 Å². The maximum atomic E-state index is 12.4. The predicted octanol–water partition coefficient (Wildman–Crippen LogP) is 2.62. The number of esters is 2. The molecule has 24 heavy (non-hydrogen) atoms. The standard InChI is InChI=1S/C18H22O6/c1-21-14-7-6-12(11-15(14)22-2)10-13-16(19)23-18(24-17(13)20)8-4-3-5-9-18/h6-7,11,13H,3-5,8-10H2,1-2H3. The van der Waals surface area contributed by atoms with Crippen LogP contribution in [-0.4, -0.2) is 31.9 Å². The molecule has 1 aromatic carbocycles. The molecule has 1 saturated carbocycles. The molecule has 3 rings (SSSR count). The summed E-state index contributed by atoms with van der Waals surface area (Å²) in [5.74, 6) is -1.81. The Morgan fingerprint density at radius 2 is 1.62 bits per heavy atom. The maximum Gasteiger partial charge on any atom is 0.323 e. The Morgan fingerprint density at radius 3 is 2.21 bits per heavy atom. The molecule has 2 aliphatic rings. The van der Waals surface area contributed by atoms with Crippen LogP contribution in [0.25, 0.3) is 0 Å². The summed E-state index contributed by atoms with van der Waals surface area (Å²) >= 11 is 0. The van der Waals surface area contributed by atoms with Crippen molar-refractivity contribution in [2.75, 3.05) is 14.2 Å². The van der Waals surface area contributed by atoms with Crippen LogP contribution in [0.3, 0.4) is 0 Å². The van der Waals surface area contributed by atoms with E-state index < -0.39 is 23.6 Å². The van der Waals surface area contributed by atoms with Gasteiger partial charge in [0.2, 0.25) is 0 Å². The van der Waals surface area contributed by atoms with E-state index in [0.29, 0.717) is 24.3 Å². The zero-order valence-corrected chi connectivity index (χ0v) is 14.0. The molecule has 6 nitrogen and oxygen atoms in total. The molecular weight excluding hydrogens is 312 g/mol. The Morgan fingerprint density at radius 1 is 1.00 bits per heavy atom. The summed E-state index contributed by atoms with van der Waals surface area (Å²) in [6.07, 6.45) is 4.28. The Kier molecular flexibility index (Phi) is 4.64. The van der Waals surface area contributed by atoms with Crippen molar-refractivity contribution in [3.8, 4) is 11.5 Å². The van der Waals surface area contributed by atoms with Gasteiger partial charge >= 0.3 is 11.9 Å². The minimum Gasteiger partial charge on any atom is -0.493 e. The average molecular weight is 334 g/mol. The van der Waals surface area contributed by atoms with E-state index in [2.05, 4.69) is 0 Å². The fourth-order valence-electron chi connectivity index (χ4n) is 3.33. The zero-order valence-electron chi connectivity index (χ0n) is 14.0. The van der Waals surface area contributed by atoms with Gasteiger partial charge in [0.25, 0.3) is 5.79 Å². The molecule has 6 heteroatoms. The molecule has 0 N–H and O–H groups in total. The number of hydrogen-bond donors (Lipinski definition) is 0. The third-order valence-electron chi connectivity index (χ3n) is 4.65. The first-order chi connectivity index (χ1) is 11.6. The van der Waals surface area contributed by atoms with Gasteiger partial charge in [-0.15, -0.1) is 0 Å². The molecule has 0 bridgehead atoms. The highest BCUT2D eigenvalue weighted by atomic mass is 16.7. The van der Waals surface area contributed by atoms with E-state index >= 15 is 0 Å². The minimum absolute atomic E-state index is 0.216. The first-order valence-electron chi connectivity index (χ1n) is 8.23. The highest BCUT2D eigenvalue weighted by Crippen LogP contribution is 2.38. The highest BCUT2D eigenvalue weighted by Gasteiger charge is 2.49. The second kappa shape index (κ2) is 6.71. The van der Waals surface area contributed by atoms with Crippen LogP contribution < -0.4 is 9.47 Å². The number of rotatable bonds is 4.